The topological polar surface area (TPSA) is 102 Å². The van der Waals surface area contributed by atoms with Gasteiger partial charge in [0.25, 0.3) is 5.69 Å². The van der Waals surface area contributed by atoms with Crippen molar-refractivity contribution in [2.75, 3.05) is 40.4 Å². The molecular weight excluding hydrogens is 398 g/mol. The van der Waals surface area contributed by atoms with Crippen LogP contribution in [0.4, 0.5) is 5.69 Å². The van der Waals surface area contributed by atoms with Gasteiger partial charge < -0.3 is 9.47 Å². The second-order valence-electron chi connectivity index (χ2n) is 6.59. The SMILES string of the molecule is COc1ccc(CN2CCN(S(=O)(=O)c3ccccc3[N+](=O)[O-])CC2)cc1OC. The molecule has 1 saturated heterocycles. The van der Waals surface area contributed by atoms with Gasteiger partial charge in [0.05, 0.1) is 19.1 Å². The molecule has 156 valence electrons. The first-order chi connectivity index (χ1) is 13.9. The van der Waals surface area contributed by atoms with Crippen LogP contribution in [0.5, 0.6) is 11.5 Å². The molecule has 0 radical (unpaired) electrons. The number of nitro groups is 1. The van der Waals surface area contributed by atoms with Crippen molar-refractivity contribution in [2.45, 2.75) is 11.4 Å². The molecule has 0 N–H and O–H groups in total. The molecule has 29 heavy (non-hydrogen) atoms. The van der Waals surface area contributed by atoms with E-state index >= 15 is 0 Å². The van der Waals surface area contributed by atoms with E-state index in [1.807, 2.05) is 18.2 Å². The third-order valence-electron chi connectivity index (χ3n) is 4.87. The van der Waals surface area contributed by atoms with Gasteiger partial charge in [0.1, 0.15) is 0 Å². The molecule has 10 heteroatoms. The highest BCUT2D eigenvalue weighted by Gasteiger charge is 2.33. The summed E-state index contributed by atoms with van der Waals surface area (Å²) in [6, 6.07) is 11.1. The van der Waals surface area contributed by atoms with Crippen molar-refractivity contribution in [1.82, 2.24) is 9.21 Å². The summed E-state index contributed by atoms with van der Waals surface area (Å²) in [4.78, 5) is 12.4. The number of sulfonamides is 1. The van der Waals surface area contributed by atoms with Crippen LogP contribution in [0.1, 0.15) is 5.56 Å². The summed E-state index contributed by atoms with van der Waals surface area (Å²) in [7, 11) is -0.770. The number of ether oxygens (including phenoxy) is 2. The highest BCUT2D eigenvalue weighted by Crippen LogP contribution is 2.29. The smallest absolute Gasteiger partial charge is 0.289 e. The standard InChI is InChI=1S/C19H23N3O6S/c1-27-17-8-7-15(13-18(17)28-2)14-20-9-11-21(12-10-20)29(25,26)19-6-4-3-5-16(19)22(23)24/h3-8,13H,9-12,14H2,1-2H3. The van der Waals surface area contributed by atoms with Crippen molar-refractivity contribution >= 4 is 15.7 Å². The lowest BCUT2D eigenvalue weighted by molar-refractivity contribution is -0.387. The molecule has 1 aliphatic rings. The van der Waals surface area contributed by atoms with Crippen LogP contribution >= 0.6 is 0 Å². The molecule has 2 aromatic carbocycles. The second kappa shape index (κ2) is 8.76. The Morgan fingerprint density at radius 3 is 2.28 bits per heavy atom. The molecule has 0 spiro atoms. The summed E-state index contributed by atoms with van der Waals surface area (Å²) >= 11 is 0. The Balaban J connectivity index is 1.68. The van der Waals surface area contributed by atoms with E-state index in [4.69, 9.17) is 9.47 Å². The van der Waals surface area contributed by atoms with Gasteiger partial charge in [-0.25, -0.2) is 8.42 Å². The maximum atomic E-state index is 12.9. The number of para-hydroxylation sites is 1. The predicted octanol–water partition coefficient (Wildman–Crippen LogP) is 2.12. The average Bonchev–Trinajstić information content (AvgIpc) is 2.74. The third kappa shape index (κ3) is 4.50. The molecule has 1 fully saturated rings. The lowest BCUT2D eigenvalue weighted by Gasteiger charge is -2.34. The second-order valence-corrected chi connectivity index (χ2v) is 8.50. The van der Waals surface area contributed by atoms with E-state index in [0.717, 1.165) is 5.56 Å². The summed E-state index contributed by atoms with van der Waals surface area (Å²) in [5, 5.41) is 11.2. The number of hydrogen-bond donors (Lipinski definition) is 0. The molecule has 0 aliphatic carbocycles. The molecule has 0 unspecified atom stereocenters. The van der Waals surface area contributed by atoms with Crippen LogP contribution in [-0.2, 0) is 16.6 Å². The van der Waals surface area contributed by atoms with Crippen molar-refractivity contribution in [1.29, 1.82) is 0 Å². The fourth-order valence-electron chi connectivity index (χ4n) is 3.33. The minimum Gasteiger partial charge on any atom is -0.493 e. The van der Waals surface area contributed by atoms with Crippen LogP contribution < -0.4 is 9.47 Å². The van der Waals surface area contributed by atoms with Crippen molar-refractivity contribution in [2.24, 2.45) is 0 Å². The molecule has 0 aromatic heterocycles. The van der Waals surface area contributed by atoms with Crippen LogP contribution in [0.3, 0.4) is 0 Å². The quantitative estimate of drug-likeness (QED) is 0.498. The van der Waals surface area contributed by atoms with Crippen molar-refractivity contribution in [3.63, 3.8) is 0 Å². The van der Waals surface area contributed by atoms with E-state index < -0.39 is 20.6 Å². The van der Waals surface area contributed by atoms with E-state index in [1.165, 1.54) is 28.6 Å². The zero-order valence-electron chi connectivity index (χ0n) is 16.3. The maximum Gasteiger partial charge on any atom is 0.289 e. The minimum absolute atomic E-state index is 0.265. The lowest BCUT2D eigenvalue weighted by Crippen LogP contribution is -2.48. The van der Waals surface area contributed by atoms with Gasteiger partial charge in [0, 0.05) is 38.8 Å². The van der Waals surface area contributed by atoms with Crippen molar-refractivity contribution < 1.29 is 22.8 Å². The first-order valence-corrected chi connectivity index (χ1v) is 10.5. The average molecular weight is 421 g/mol. The zero-order valence-corrected chi connectivity index (χ0v) is 17.1. The Morgan fingerprint density at radius 1 is 1.00 bits per heavy atom. The van der Waals surface area contributed by atoms with Gasteiger partial charge in [-0.3, -0.25) is 15.0 Å². The summed E-state index contributed by atoms with van der Waals surface area (Å²) in [5.74, 6) is 1.29. The summed E-state index contributed by atoms with van der Waals surface area (Å²) in [6.45, 7) is 2.21. The van der Waals surface area contributed by atoms with Crippen LogP contribution in [-0.4, -0.2) is 62.9 Å². The highest BCUT2D eigenvalue weighted by atomic mass is 32.2. The first-order valence-electron chi connectivity index (χ1n) is 9.03. The Hall–Kier alpha value is -2.69. The fraction of sp³-hybridized carbons (Fsp3) is 0.368. The number of nitrogens with zero attached hydrogens (tertiary/aromatic N) is 3. The lowest BCUT2D eigenvalue weighted by atomic mass is 10.1. The fourth-order valence-corrected chi connectivity index (χ4v) is 4.91. The van der Waals surface area contributed by atoms with Crippen molar-refractivity contribution in [3.8, 4) is 11.5 Å². The van der Waals surface area contributed by atoms with Crippen LogP contribution in [0.25, 0.3) is 0 Å². The molecule has 3 rings (SSSR count). The van der Waals surface area contributed by atoms with Crippen LogP contribution in [0.15, 0.2) is 47.4 Å². The van der Waals surface area contributed by atoms with Gasteiger partial charge in [-0.1, -0.05) is 18.2 Å². The van der Waals surface area contributed by atoms with Crippen molar-refractivity contribution in [3.05, 3.63) is 58.1 Å². The highest BCUT2D eigenvalue weighted by molar-refractivity contribution is 7.89. The van der Waals surface area contributed by atoms with E-state index in [2.05, 4.69) is 4.90 Å². The number of methoxy groups -OCH3 is 2. The number of benzene rings is 2. The van der Waals surface area contributed by atoms with Gasteiger partial charge in [0.15, 0.2) is 16.4 Å². The molecule has 0 bridgehead atoms. The molecule has 1 aliphatic heterocycles. The number of rotatable bonds is 7. The normalized spacial score (nSPS) is 15.8. The van der Waals surface area contributed by atoms with Gasteiger partial charge in [-0.05, 0) is 23.8 Å². The first kappa shape index (κ1) is 21.0. The predicted molar refractivity (Wildman–Crippen MR) is 107 cm³/mol. The molecule has 1 heterocycles. The molecular formula is C19H23N3O6S. The summed E-state index contributed by atoms with van der Waals surface area (Å²) in [6.07, 6.45) is 0. The minimum atomic E-state index is -3.93. The largest absolute Gasteiger partial charge is 0.493 e. The summed E-state index contributed by atoms with van der Waals surface area (Å²) < 4.78 is 37.7. The van der Waals surface area contributed by atoms with Gasteiger partial charge in [0.2, 0.25) is 10.0 Å². The van der Waals surface area contributed by atoms with Crippen LogP contribution in [0.2, 0.25) is 0 Å². The monoisotopic (exact) mass is 421 g/mol. The Kier molecular flexibility index (Phi) is 6.36. The van der Waals surface area contributed by atoms with Gasteiger partial charge >= 0.3 is 0 Å². The number of hydrogen-bond acceptors (Lipinski definition) is 7. The van der Waals surface area contributed by atoms with E-state index in [9.17, 15) is 18.5 Å². The molecule has 0 atom stereocenters. The molecule has 9 nitrogen and oxygen atoms in total. The Labute approximate surface area is 169 Å². The Bertz CT molecular complexity index is 987. The molecule has 0 saturated carbocycles. The van der Waals surface area contributed by atoms with E-state index in [-0.39, 0.29) is 18.0 Å². The Morgan fingerprint density at radius 2 is 1.66 bits per heavy atom. The maximum absolute atomic E-state index is 12.9. The zero-order chi connectivity index (χ0) is 21.0. The van der Waals surface area contributed by atoms with E-state index in [0.29, 0.717) is 31.1 Å². The number of nitro benzene ring substituents is 1. The van der Waals surface area contributed by atoms with Crippen LogP contribution in [0, 0.1) is 10.1 Å². The summed E-state index contributed by atoms with van der Waals surface area (Å²) in [5.41, 5.74) is 0.623. The van der Waals surface area contributed by atoms with Gasteiger partial charge in [-0.15, -0.1) is 0 Å². The number of piperazine rings is 1. The third-order valence-corrected chi connectivity index (χ3v) is 6.81. The van der Waals surface area contributed by atoms with E-state index in [1.54, 1.807) is 14.2 Å². The molecule has 0 amide bonds. The van der Waals surface area contributed by atoms with Gasteiger partial charge in [-0.2, -0.15) is 4.31 Å². The molecule has 2 aromatic rings.